The van der Waals surface area contributed by atoms with Crippen molar-refractivity contribution in [1.29, 1.82) is 0 Å². The molecule has 1 aromatic rings. The van der Waals surface area contributed by atoms with Crippen LogP contribution in [-0.2, 0) is 11.2 Å². The number of anilines is 1. The van der Waals surface area contributed by atoms with E-state index < -0.39 is 27.9 Å². The van der Waals surface area contributed by atoms with Gasteiger partial charge in [0.2, 0.25) is 0 Å². The summed E-state index contributed by atoms with van der Waals surface area (Å²) in [5.74, 6) is 0.643. The van der Waals surface area contributed by atoms with Gasteiger partial charge < -0.3 is 19.7 Å². The number of ether oxygens (including phenoxy) is 2. The Hall–Kier alpha value is -2.58. The van der Waals surface area contributed by atoms with E-state index in [2.05, 4.69) is 5.32 Å². The standard InChI is InChI=1S/C21H30FN3O5/c1-19(2,3)30-18(26)23-13-21(22)6-8-24(9-7-21)15-11-17-14(10-16(15)25(27)28)12-20(4,5)29-17/h10-11H,6-9,12-13H2,1-5H3,(H,23,26). The lowest BCUT2D eigenvalue weighted by atomic mass is 9.92. The molecular weight excluding hydrogens is 393 g/mol. The number of nitro benzene ring substituents is 1. The van der Waals surface area contributed by atoms with Crippen LogP contribution in [0.2, 0.25) is 0 Å². The van der Waals surface area contributed by atoms with Crippen LogP contribution in [0.5, 0.6) is 5.75 Å². The largest absolute Gasteiger partial charge is 0.487 e. The molecule has 0 spiro atoms. The Morgan fingerprint density at radius 1 is 1.33 bits per heavy atom. The van der Waals surface area contributed by atoms with Crippen LogP contribution in [0.25, 0.3) is 0 Å². The summed E-state index contributed by atoms with van der Waals surface area (Å²) < 4.78 is 26.3. The molecule has 0 bridgehead atoms. The number of hydrogen-bond donors (Lipinski definition) is 1. The highest BCUT2D eigenvalue weighted by molar-refractivity contribution is 5.69. The fourth-order valence-corrected chi connectivity index (χ4v) is 3.90. The zero-order valence-electron chi connectivity index (χ0n) is 18.2. The minimum absolute atomic E-state index is 0.00767. The minimum Gasteiger partial charge on any atom is -0.487 e. The lowest BCUT2D eigenvalue weighted by Gasteiger charge is -2.37. The summed E-state index contributed by atoms with van der Waals surface area (Å²) in [5.41, 5.74) is -1.38. The third-order valence-electron chi connectivity index (χ3n) is 5.31. The van der Waals surface area contributed by atoms with Crippen molar-refractivity contribution < 1.29 is 23.6 Å². The average Bonchev–Trinajstić information content (AvgIpc) is 2.91. The Labute approximate surface area is 175 Å². The molecular formula is C21H30FN3O5. The average molecular weight is 423 g/mol. The summed E-state index contributed by atoms with van der Waals surface area (Å²) in [6, 6.07) is 3.27. The summed E-state index contributed by atoms with van der Waals surface area (Å²) in [4.78, 5) is 24.9. The number of alkyl halides is 1. The van der Waals surface area contributed by atoms with Gasteiger partial charge in [-0.1, -0.05) is 0 Å². The molecule has 0 saturated carbocycles. The quantitative estimate of drug-likeness (QED) is 0.578. The summed E-state index contributed by atoms with van der Waals surface area (Å²) in [5, 5.41) is 14.1. The van der Waals surface area contributed by atoms with E-state index in [1.165, 1.54) is 0 Å². The van der Waals surface area contributed by atoms with E-state index in [9.17, 15) is 14.9 Å². The number of rotatable bonds is 4. The van der Waals surface area contributed by atoms with Gasteiger partial charge in [-0.3, -0.25) is 10.1 Å². The van der Waals surface area contributed by atoms with Crippen LogP contribution in [0.4, 0.5) is 20.6 Å². The monoisotopic (exact) mass is 423 g/mol. The molecule has 8 nitrogen and oxygen atoms in total. The molecule has 0 aliphatic carbocycles. The second-order valence-electron chi connectivity index (χ2n) is 9.74. The molecule has 30 heavy (non-hydrogen) atoms. The Balaban J connectivity index is 1.68. The fourth-order valence-electron chi connectivity index (χ4n) is 3.90. The highest BCUT2D eigenvalue weighted by Gasteiger charge is 2.39. The van der Waals surface area contributed by atoms with E-state index in [1.807, 2.05) is 18.7 Å². The molecule has 2 aliphatic heterocycles. The first-order valence-electron chi connectivity index (χ1n) is 10.2. The molecule has 0 atom stereocenters. The van der Waals surface area contributed by atoms with Crippen molar-refractivity contribution in [2.75, 3.05) is 24.5 Å². The summed E-state index contributed by atoms with van der Waals surface area (Å²) >= 11 is 0. The lowest BCUT2D eigenvalue weighted by molar-refractivity contribution is -0.384. The van der Waals surface area contributed by atoms with Crippen molar-refractivity contribution in [3.05, 3.63) is 27.8 Å². The van der Waals surface area contributed by atoms with Crippen LogP contribution < -0.4 is 15.0 Å². The summed E-state index contributed by atoms with van der Waals surface area (Å²) in [7, 11) is 0. The molecule has 0 unspecified atom stereocenters. The number of amides is 1. The van der Waals surface area contributed by atoms with Gasteiger partial charge in [-0.25, -0.2) is 9.18 Å². The summed E-state index contributed by atoms with van der Waals surface area (Å²) in [6.07, 6.45) is 0.233. The number of carbonyl (C=O) groups excluding carboxylic acids is 1. The molecule has 1 aromatic carbocycles. The van der Waals surface area contributed by atoms with Gasteiger partial charge in [0.1, 0.15) is 28.3 Å². The molecule has 2 aliphatic rings. The smallest absolute Gasteiger partial charge is 0.407 e. The topological polar surface area (TPSA) is 93.9 Å². The minimum atomic E-state index is -1.59. The third-order valence-corrected chi connectivity index (χ3v) is 5.31. The highest BCUT2D eigenvalue weighted by Crippen LogP contribution is 2.43. The second kappa shape index (κ2) is 7.59. The Kier molecular flexibility index (Phi) is 5.60. The van der Waals surface area contributed by atoms with Crippen molar-refractivity contribution in [1.82, 2.24) is 5.32 Å². The number of nitrogens with zero attached hydrogens (tertiary/aromatic N) is 2. The van der Waals surface area contributed by atoms with E-state index in [1.54, 1.807) is 32.9 Å². The molecule has 0 radical (unpaired) electrons. The van der Waals surface area contributed by atoms with Crippen LogP contribution >= 0.6 is 0 Å². The number of carbonyl (C=O) groups is 1. The molecule has 1 fully saturated rings. The number of fused-ring (bicyclic) bond motifs is 1. The number of benzene rings is 1. The van der Waals surface area contributed by atoms with E-state index >= 15 is 4.39 Å². The molecule has 0 aromatic heterocycles. The molecule has 3 rings (SSSR count). The Morgan fingerprint density at radius 3 is 2.53 bits per heavy atom. The normalized spacial score (nSPS) is 19.6. The first-order valence-corrected chi connectivity index (χ1v) is 10.2. The number of halogens is 1. The van der Waals surface area contributed by atoms with Crippen molar-refractivity contribution >= 4 is 17.5 Å². The zero-order chi connectivity index (χ0) is 22.3. The van der Waals surface area contributed by atoms with Gasteiger partial charge in [0.15, 0.2) is 0 Å². The molecule has 1 saturated heterocycles. The van der Waals surface area contributed by atoms with E-state index in [4.69, 9.17) is 9.47 Å². The van der Waals surface area contributed by atoms with Crippen molar-refractivity contribution in [2.45, 2.75) is 70.8 Å². The van der Waals surface area contributed by atoms with Gasteiger partial charge in [0, 0.05) is 50.0 Å². The van der Waals surface area contributed by atoms with E-state index in [0.29, 0.717) is 30.9 Å². The van der Waals surface area contributed by atoms with Gasteiger partial charge in [-0.05, 0) is 34.6 Å². The first kappa shape index (κ1) is 22.1. The zero-order valence-corrected chi connectivity index (χ0v) is 18.2. The van der Waals surface area contributed by atoms with Crippen LogP contribution in [0.15, 0.2) is 12.1 Å². The Bertz CT molecular complexity index is 842. The number of alkyl carbamates (subject to hydrolysis) is 1. The maximum atomic E-state index is 15.2. The van der Waals surface area contributed by atoms with Gasteiger partial charge >= 0.3 is 6.09 Å². The van der Waals surface area contributed by atoms with Crippen molar-refractivity contribution in [2.24, 2.45) is 0 Å². The molecule has 9 heteroatoms. The fraction of sp³-hybridized carbons (Fsp3) is 0.667. The van der Waals surface area contributed by atoms with Gasteiger partial charge in [0.25, 0.3) is 5.69 Å². The molecule has 166 valence electrons. The highest BCUT2D eigenvalue weighted by atomic mass is 19.1. The second-order valence-corrected chi connectivity index (χ2v) is 9.74. The lowest BCUT2D eigenvalue weighted by Crippen LogP contribution is -2.49. The van der Waals surface area contributed by atoms with E-state index in [0.717, 1.165) is 5.56 Å². The van der Waals surface area contributed by atoms with E-state index in [-0.39, 0.29) is 25.1 Å². The predicted molar refractivity (Wildman–Crippen MR) is 111 cm³/mol. The third kappa shape index (κ3) is 5.12. The molecule has 1 amide bonds. The predicted octanol–water partition coefficient (Wildman–Crippen LogP) is 4.14. The van der Waals surface area contributed by atoms with Crippen molar-refractivity contribution in [3.63, 3.8) is 0 Å². The van der Waals surface area contributed by atoms with Gasteiger partial charge in [-0.2, -0.15) is 0 Å². The van der Waals surface area contributed by atoms with Crippen LogP contribution in [-0.4, -0.2) is 47.5 Å². The van der Waals surface area contributed by atoms with Crippen LogP contribution in [0.3, 0.4) is 0 Å². The van der Waals surface area contributed by atoms with Gasteiger partial charge in [0.05, 0.1) is 11.5 Å². The number of nitrogens with one attached hydrogen (secondary N) is 1. The Morgan fingerprint density at radius 2 is 1.97 bits per heavy atom. The van der Waals surface area contributed by atoms with Crippen LogP contribution in [0.1, 0.15) is 53.0 Å². The number of piperidine rings is 1. The first-order chi connectivity index (χ1) is 13.8. The maximum Gasteiger partial charge on any atom is 0.407 e. The number of hydrogen-bond acceptors (Lipinski definition) is 6. The number of nitro groups is 1. The molecule has 2 heterocycles. The molecule has 1 N–H and O–H groups in total. The SMILES string of the molecule is CC(C)(C)OC(=O)NCC1(F)CCN(c2cc3c(cc2[N+](=O)[O-])CC(C)(C)O3)CC1. The van der Waals surface area contributed by atoms with Crippen LogP contribution in [0, 0.1) is 10.1 Å². The maximum absolute atomic E-state index is 15.2. The van der Waals surface area contributed by atoms with Gasteiger partial charge in [-0.15, -0.1) is 0 Å². The van der Waals surface area contributed by atoms with Crippen molar-refractivity contribution in [3.8, 4) is 5.75 Å². The summed E-state index contributed by atoms with van der Waals surface area (Å²) in [6.45, 7) is 9.55.